The molecule has 2 aliphatic heterocycles. The van der Waals surface area contributed by atoms with Crippen molar-refractivity contribution < 1.29 is 19.1 Å². The van der Waals surface area contributed by atoms with Crippen LogP contribution in [0.2, 0.25) is 0 Å². The normalized spacial score (nSPS) is 23.3. The number of ether oxygens (including phenoxy) is 2. The lowest BCUT2D eigenvalue weighted by molar-refractivity contribution is -0.137. The van der Waals surface area contributed by atoms with E-state index in [0.29, 0.717) is 51.6 Å². The van der Waals surface area contributed by atoms with E-state index in [2.05, 4.69) is 10.2 Å². The summed E-state index contributed by atoms with van der Waals surface area (Å²) in [5.74, 6) is 0.632. The summed E-state index contributed by atoms with van der Waals surface area (Å²) in [6.45, 7) is 3.77. The van der Waals surface area contributed by atoms with Crippen molar-refractivity contribution in [3.63, 3.8) is 0 Å². The quantitative estimate of drug-likeness (QED) is 0.699. The molecular weight excluding hydrogens is 348 g/mol. The smallest absolute Gasteiger partial charge is 0.260 e. The monoisotopic (exact) mass is 376 g/mol. The Hall–Kier alpha value is -2.16. The summed E-state index contributed by atoms with van der Waals surface area (Å²) in [5, 5.41) is 2.71. The van der Waals surface area contributed by atoms with E-state index in [0.717, 1.165) is 5.56 Å². The van der Waals surface area contributed by atoms with Crippen LogP contribution in [0.1, 0.15) is 12.0 Å². The Bertz CT molecular complexity index is 646. The summed E-state index contributed by atoms with van der Waals surface area (Å²) in [7, 11) is 1.65. The van der Waals surface area contributed by atoms with E-state index < -0.39 is 0 Å². The molecule has 0 saturated carbocycles. The maximum atomic E-state index is 12.1. The van der Waals surface area contributed by atoms with Crippen LogP contribution < -0.4 is 15.8 Å². The fourth-order valence-electron chi connectivity index (χ4n) is 3.53. The van der Waals surface area contributed by atoms with Gasteiger partial charge in [0.1, 0.15) is 5.75 Å². The minimum absolute atomic E-state index is 0.00419. The van der Waals surface area contributed by atoms with Gasteiger partial charge in [0, 0.05) is 39.3 Å². The van der Waals surface area contributed by atoms with Gasteiger partial charge >= 0.3 is 0 Å². The fourth-order valence-corrected chi connectivity index (χ4v) is 3.53. The zero-order chi connectivity index (χ0) is 19.2. The Morgan fingerprint density at radius 3 is 2.63 bits per heavy atom. The van der Waals surface area contributed by atoms with Gasteiger partial charge in [-0.25, -0.2) is 0 Å². The maximum absolute atomic E-state index is 12.1. The second kappa shape index (κ2) is 9.16. The van der Waals surface area contributed by atoms with Gasteiger partial charge < -0.3 is 25.4 Å². The summed E-state index contributed by atoms with van der Waals surface area (Å²) < 4.78 is 10.9. The van der Waals surface area contributed by atoms with E-state index in [1.54, 1.807) is 11.9 Å². The van der Waals surface area contributed by atoms with Crippen LogP contribution >= 0.6 is 0 Å². The molecule has 1 aromatic rings. The first-order valence-corrected chi connectivity index (χ1v) is 9.35. The highest BCUT2D eigenvalue weighted by molar-refractivity contribution is 5.81. The lowest BCUT2D eigenvalue weighted by Gasteiger charge is -2.26. The molecule has 8 heteroatoms. The van der Waals surface area contributed by atoms with Gasteiger partial charge in [-0.3, -0.25) is 14.5 Å². The minimum atomic E-state index is -0.188. The molecule has 0 unspecified atom stereocenters. The average molecular weight is 376 g/mol. The third-order valence-corrected chi connectivity index (χ3v) is 5.02. The molecule has 1 aromatic carbocycles. The van der Waals surface area contributed by atoms with Gasteiger partial charge in [-0.1, -0.05) is 12.1 Å². The van der Waals surface area contributed by atoms with Crippen LogP contribution in [-0.2, 0) is 20.9 Å². The molecule has 2 aliphatic rings. The number of rotatable bonds is 6. The first kappa shape index (κ1) is 19.6. The van der Waals surface area contributed by atoms with Crippen LogP contribution in [0.4, 0.5) is 0 Å². The lowest BCUT2D eigenvalue weighted by Crippen LogP contribution is -2.42. The summed E-state index contributed by atoms with van der Waals surface area (Å²) in [6.07, 6.45) is 0.671. The highest BCUT2D eigenvalue weighted by Crippen LogP contribution is 2.21. The van der Waals surface area contributed by atoms with Crippen molar-refractivity contribution in [2.45, 2.75) is 25.0 Å². The zero-order valence-electron chi connectivity index (χ0n) is 15.7. The van der Waals surface area contributed by atoms with Crippen LogP contribution in [0.5, 0.6) is 5.75 Å². The van der Waals surface area contributed by atoms with Gasteiger partial charge in [-0.05, 0) is 24.1 Å². The number of nitrogens with zero attached hydrogens (tertiary/aromatic N) is 2. The number of hydrogen-bond acceptors (Lipinski definition) is 6. The molecule has 2 amide bonds. The van der Waals surface area contributed by atoms with Gasteiger partial charge in [0.05, 0.1) is 19.3 Å². The van der Waals surface area contributed by atoms with Crippen molar-refractivity contribution in [1.29, 1.82) is 0 Å². The standard InChI is InChI=1S/C19H28N4O4/c1-21-19(25)17-10-15(20)12-23(17)11-14-2-4-16(5-3-14)27-13-18(24)22-6-8-26-9-7-22/h2-5,15,17H,6-13,20H2,1H3,(H,21,25)/t15-,17+/m1/s1. The summed E-state index contributed by atoms with van der Waals surface area (Å²) >= 11 is 0. The predicted octanol–water partition coefficient (Wildman–Crippen LogP) is -0.428. The molecule has 0 spiro atoms. The van der Waals surface area contributed by atoms with Crippen molar-refractivity contribution in [1.82, 2.24) is 15.1 Å². The number of benzene rings is 1. The van der Waals surface area contributed by atoms with Gasteiger partial charge in [0.25, 0.3) is 5.91 Å². The molecule has 0 aliphatic carbocycles. The highest BCUT2D eigenvalue weighted by atomic mass is 16.5. The maximum Gasteiger partial charge on any atom is 0.260 e. The lowest BCUT2D eigenvalue weighted by atomic mass is 10.1. The Balaban J connectivity index is 1.51. The highest BCUT2D eigenvalue weighted by Gasteiger charge is 2.34. The van der Waals surface area contributed by atoms with Crippen LogP contribution in [0, 0.1) is 0 Å². The van der Waals surface area contributed by atoms with E-state index in [4.69, 9.17) is 15.2 Å². The molecule has 3 rings (SSSR count). The van der Waals surface area contributed by atoms with Crippen molar-refractivity contribution in [3.05, 3.63) is 29.8 Å². The second-order valence-electron chi connectivity index (χ2n) is 6.98. The number of hydrogen-bond donors (Lipinski definition) is 2. The zero-order valence-corrected chi connectivity index (χ0v) is 15.7. The van der Waals surface area contributed by atoms with Gasteiger partial charge in [0.2, 0.25) is 5.91 Å². The van der Waals surface area contributed by atoms with Gasteiger partial charge in [0.15, 0.2) is 6.61 Å². The molecule has 0 aromatic heterocycles. The van der Waals surface area contributed by atoms with E-state index >= 15 is 0 Å². The Labute approximate surface area is 159 Å². The van der Waals surface area contributed by atoms with Crippen LogP contribution in [0.3, 0.4) is 0 Å². The van der Waals surface area contributed by atoms with E-state index in [-0.39, 0.29) is 30.5 Å². The molecule has 2 fully saturated rings. The Morgan fingerprint density at radius 1 is 1.26 bits per heavy atom. The van der Waals surface area contributed by atoms with Crippen LogP contribution in [0.25, 0.3) is 0 Å². The van der Waals surface area contributed by atoms with Gasteiger partial charge in [-0.15, -0.1) is 0 Å². The molecule has 3 N–H and O–H groups in total. The number of nitrogens with one attached hydrogen (secondary N) is 1. The number of likely N-dealkylation sites (N-methyl/N-ethyl adjacent to an activating group) is 1. The topological polar surface area (TPSA) is 97.1 Å². The van der Waals surface area contributed by atoms with Crippen molar-refractivity contribution in [2.75, 3.05) is 46.5 Å². The molecule has 148 valence electrons. The number of carbonyl (C=O) groups is 2. The average Bonchev–Trinajstić information content (AvgIpc) is 3.07. The number of likely N-dealkylation sites (tertiary alicyclic amines) is 1. The molecule has 0 radical (unpaired) electrons. The second-order valence-corrected chi connectivity index (χ2v) is 6.98. The number of nitrogens with two attached hydrogens (primary N) is 1. The fraction of sp³-hybridized carbons (Fsp3) is 0.579. The minimum Gasteiger partial charge on any atom is -0.484 e. The summed E-state index contributed by atoms with van der Waals surface area (Å²) in [4.78, 5) is 28.0. The first-order chi connectivity index (χ1) is 13.1. The molecule has 2 heterocycles. The molecule has 27 heavy (non-hydrogen) atoms. The molecular formula is C19H28N4O4. The van der Waals surface area contributed by atoms with E-state index in [1.807, 2.05) is 24.3 Å². The van der Waals surface area contributed by atoms with Crippen molar-refractivity contribution in [2.24, 2.45) is 5.73 Å². The summed E-state index contributed by atoms with van der Waals surface area (Å²) in [5.41, 5.74) is 7.10. The Morgan fingerprint density at radius 2 is 1.96 bits per heavy atom. The van der Waals surface area contributed by atoms with Crippen molar-refractivity contribution in [3.8, 4) is 5.75 Å². The third-order valence-electron chi connectivity index (χ3n) is 5.02. The third kappa shape index (κ3) is 5.18. The number of amides is 2. The Kier molecular flexibility index (Phi) is 6.65. The van der Waals surface area contributed by atoms with Crippen molar-refractivity contribution >= 4 is 11.8 Å². The largest absolute Gasteiger partial charge is 0.484 e. The SMILES string of the molecule is CNC(=O)[C@@H]1C[C@@H](N)CN1Cc1ccc(OCC(=O)N2CCOCC2)cc1. The summed E-state index contributed by atoms with van der Waals surface area (Å²) in [6, 6.07) is 7.45. The molecule has 8 nitrogen and oxygen atoms in total. The first-order valence-electron chi connectivity index (χ1n) is 9.35. The molecule has 2 saturated heterocycles. The van der Waals surface area contributed by atoms with E-state index in [9.17, 15) is 9.59 Å². The predicted molar refractivity (Wildman–Crippen MR) is 100 cm³/mol. The van der Waals surface area contributed by atoms with E-state index in [1.165, 1.54) is 0 Å². The number of morpholine rings is 1. The molecule has 2 atom stereocenters. The van der Waals surface area contributed by atoms with Crippen LogP contribution in [-0.4, -0.2) is 80.2 Å². The van der Waals surface area contributed by atoms with Crippen LogP contribution in [0.15, 0.2) is 24.3 Å². The van der Waals surface area contributed by atoms with Gasteiger partial charge in [-0.2, -0.15) is 0 Å². The number of carbonyl (C=O) groups excluding carboxylic acids is 2. The molecule has 0 bridgehead atoms.